The molecule has 138 valence electrons. The molecule has 0 bridgehead atoms. The molecule has 0 saturated carbocycles. The summed E-state index contributed by atoms with van der Waals surface area (Å²) in [4.78, 5) is 24.7. The minimum absolute atomic E-state index is 0.186. The minimum Gasteiger partial charge on any atom is -0.467 e. The Kier molecular flexibility index (Phi) is 5.68. The Labute approximate surface area is 156 Å². The summed E-state index contributed by atoms with van der Waals surface area (Å²) >= 11 is 0. The molecule has 0 radical (unpaired) electrons. The highest BCUT2D eigenvalue weighted by Crippen LogP contribution is 2.30. The van der Waals surface area contributed by atoms with Gasteiger partial charge in [-0.3, -0.25) is 4.79 Å². The van der Waals surface area contributed by atoms with Crippen molar-refractivity contribution in [3.8, 4) is 0 Å². The quantitative estimate of drug-likeness (QED) is 0.628. The number of hydrogen-bond acceptors (Lipinski definition) is 5. The van der Waals surface area contributed by atoms with Crippen molar-refractivity contribution >= 4 is 11.9 Å². The Morgan fingerprint density at radius 3 is 2.04 bits per heavy atom. The lowest BCUT2D eigenvalue weighted by molar-refractivity contribution is -0.164. The van der Waals surface area contributed by atoms with Crippen LogP contribution >= 0.6 is 0 Å². The fraction of sp³-hybridized carbons (Fsp3) is 0.143. The van der Waals surface area contributed by atoms with E-state index in [1.165, 1.54) is 6.26 Å². The van der Waals surface area contributed by atoms with Gasteiger partial charge in [-0.1, -0.05) is 60.7 Å². The molecular formula is C21H19NO5. The number of amides is 1. The first-order valence-electron chi connectivity index (χ1n) is 8.40. The number of furan rings is 1. The first-order chi connectivity index (χ1) is 13.1. The molecule has 6 nitrogen and oxygen atoms in total. The Morgan fingerprint density at radius 1 is 0.926 bits per heavy atom. The Hall–Kier alpha value is -3.38. The van der Waals surface area contributed by atoms with Crippen LogP contribution in [0.5, 0.6) is 0 Å². The molecule has 6 heteroatoms. The van der Waals surface area contributed by atoms with Gasteiger partial charge < -0.3 is 19.6 Å². The molecule has 0 spiro atoms. The maximum absolute atomic E-state index is 12.7. The van der Waals surface area contributed by atoms with Crippen molar-refractivity contribution in [3.05, 3.63) is 95.9 Å². The summed E-state index contributed by atoms with van der Waals surface area (Å²) < 4.78 is 10.2. The van der Waals surface area contributed by atoms with Crippen LogP contribution in [0.4, 0.5) is 0 Å². The highest BCUT2D eigenvalue weighted by molar-refractivity contribution is 5.88. The van der Waals surface area contributed by atoms with Crippen LogP contribution < -0.4 is 5.32 Å². The summed E-state index contributed by atoms with van der Waals surface area (Å²) in [5, 5.41) is 13.8. The van der Waals surface area contributed by atoms with Crippen LogP contribution in [0, 0.1) is 0 Å². The Morgan fingerprint density at radius 2 is 1.52 bits per heavy atom. The summed E-state index contributed by atoms with van der Waals surface area (Å²) in [7, 11) is 0. The summed E-state index contributed by atoms with van der Waals surface area (Å²) in [6, 6.07) is 20.4. The fourth-order valence-corrected chi connectivity index (χ4v) is 2.65. The molecule has 1 amide bonds. The largest absolute Gasteiger partial charge is 0.467 e. The van der Waals surface area contributed by atoms with Crippen molar-refractivity contribution < 1.29 is 23.8 Å². The number of ether oxygens (including phenoxy) is 1. The first kappa shape index (κ1) is 18.4. The fourth-order valence-electron chi connectivity index (χ4n) is 2.65. The predicted octanol–water partition coefficient (Wildman–Crippen LogP) is 2.38. The van der Waals surface area contributed by atoms with E-state index in [1.807, 2.05) is 0 Å². The van der Waals surface area contributed by atoms with Crippen LogP contribution in [0.25, 0.3) is 0 Å². The second-order valence-electron chi connectivity index (χ2n) is 5.87. The lowest BCUT2D eigenvalue weighted by Crippen LogP contribution is -2.40. The Bertz CT molecular complexity index is 836. The van der Waals surface area contributed by atoms with Gasteiger partial charge in [0.15, 0.2) is 6.61 Å². The van der Waals surface area contributed by atoms with Crippen molar-refractivity contribution in [1.29, 1.82) is 0 Å². The highest BCUT2D eigenvalue weighted by atomic mass is 16.6. The van der Waals surface area contributed by atoms with Gasteiger partial charge in [0, 0.05) is 0 Å². The summed E-state index contributed by atoms with van der Waals surface area (Å²) in [6.07, 6.45) is 1.50. The van der Waals surface area contributed by atoms with E-state index in [2.05, 4.69) is 5.32 Å². The summed E-state index contributed by atoms with van der Waals surface area (Å²) in [5.41, 5.74) is -1.29. The zero-order chi connectivity index (χ0) is 19.1. The van der Waals surface area contributed by atoms with E-state index in [4.69, 9.17) is 9.15 Å². The lowest BCUT2D eigenvalue weighted by Gasteiger charge is -2.26. The Balaban J connectivity index is 1.71. The number of benzene rings is 2. The minimum atomic E-state index is -2.01. The number of carbonyl (C=O) groups is 2. The molecular weight excluding hydrogens is 346 g/mol. The smallest absolute Gasteiger partial charge is 0.348 e. The van der Waals surface area contributed by atoms with E-state index in [0.717, 1.165) is 0 Å². The monoisotopic (exact) mass is 365 g/mol. The molecule has 1 aromatic heterocycles. The van der Waals surface area contributed by atoms with Gasteiger partial charge in [0.25, 0.3) is 5.91 Å². The molecule has 0 unspecified atom stereocenters. The van der Waals surface area contributed by atoms with E-state index >= 15 is 0 Å². The third kappa shape index (κ3) is 4.24. The molecule has 2 N–H and O–H groups in total. The molecule has 0 atom stereocenters. The molecule has 2 aromatic carbocycles. The van der Waals surface area contributed by atoms with Crippen LogP contribution in [0.2, 0.25) is 0 Å². The maximum atomic E-state index is 12.7. The van der Waals surface area contributed by atoms with Gasteiger partial charge in [0.05, 0.1) is 12.8 Å². The lowest BCUT2D eigenvalue weighted by atomic mass is 9.86. The molecule has 0 saturated heterocycles. The van der Waals surface area contributed by atoms with Crippen molar-refractivity contribution in [2.75, 3.05) is 6.61 Å². The topological polar surface area (TPSA) is 88.8 Å². The summed E-state index contributed by atoms with van der Waals surface area (Å²) in [5.74, 6) is -0.837. The second-order valence-corrected chi connectivity index (χ2v) is 5.87. The van der Waals surface area contributed by atoms with Crippen molar-refractivity contribution in [2.45, 2.75) is 12.1 Å². The van der Waals surface area contributed by atoms with Crippen molar-refractivity contribution in [3.63, 3.8) is 0 Å². The van der Waals surface area contributed by atoms with Gasteiger partial charge in [-0.05, 0) is 23.3 Å². The molecule has 3 aromatic rings. The van der Waals surface area contributed by atoms with Gasteiger partial charge in [-0.25, -0.2) is 4.79 Å². The predicted molar refractivity (Wildman–Crippen MR) is 97.4 cm³/mol. The number of nitrogens with one attached hydrogen (secondary N) is 1. The third-order valence-corrected chi connectivity index (χ3v) is 4.05. The molecule has 0 fully saturated rings. The number of aliphatic hydroxyl groups is 1. The molecule has 0 aliphatic carbocycles. The van der Waals surface area contributed by atoms with Crippen LogP contribution in [-0.2, 0) is 26.5 Å². The molecule has 0 aliphatic rings. The van der Waals surface area contributed by atoms with Gasteiger partial charge >= 0.3 is 5.97 Å². The zero-order valence-electron chi connectivity index (χ0n) is 14.5. The normalized spacial score (nSPS) is 11.0. The average Bonchev–Trinajstić information content (AvgIpc) is 3.25. The van der Waals surface area contributed by atoms with Gasteiger partial charge in [0.2, 0.25) is 5.60 Å². The van der Waals surface area contributed by atoms with Gasteiger partial charge in [-0.2, -0.15) is 0 Å². The number of carbonyl (C=O) groups excluding carboxylic acids is 2. The van der Waals surface area contributed by atoms with Crippen LogP contribution in [0.15, 0.2) is 83.5 Å². The number of rotatable bonds is 7. The van der Waals surface area contributed by atoms with Crippen molar-refractivity contribution in [2.24, 2.45) is 0 Å². The number of esters is 1. The second kappa shape index (κ2) is 8.33. The van der Waals surface area contributed by atoms with Gasteiger partial charge in [0.1, 0.15) is 5.76 Å². The van der Waals surface area contributed by atoms with E-state index in [0.29, 0.717) is 16.9 Å². The molecule has 1 heterocycles. The number of hydrogen-bond donors (Lipinski definition) is 2. The van der Waals surface area contributed by atoms with Crippen LogP contribution in [-0.4, -0.2) is 23.6 Å². The maximum Gasteiger partial charge on any atom is 0.348 e. The SMILES string of the molecule is O=C(COC(=O)C(O)(c1ccccc1)c1ccccc1)NCc1ccco1. The molecule has 0 aliphatic heterocycles. The van der Waals surface area contributed by atoms with E-state index < -0.39 is 24.1 Å². The first-order valence-corrected chi connectivity index (χ1v) is 8.40. The zero-order valence-corrected chi connectivity index (χ0v) is 14.5. The van der Waals surface area contributed by atoms with Crippen LogP contribution in [0.1, 0.15) is 16.9 Å². The molecule has 3 rings (SSSR count). The van der Waals surface area contributed by atoms with E-state index in [1.54, 1.807) is 72.8 Å². The standard InChI is InChI=1S/C21H19NO5/c23-19(22-14-18-12-7-13-26-18)15-27-20(24)21(25,16-8-3-1-4-9-16)17-10-5-2-6-11-17/h1-13,25H,14-15H2,(H,22,23). The van der Waals surface area contributed by atoms with Gasteiger partial charge in [-0.15, -0.1) is 0 Å². The molecule has 27 heavy (non-hydrogen) atoms. The average molecular weight is 365 g/mol. The van der Waals surface area contributed by atoms with Crippen molar-refractivity contribution in [1.82, 2.24) is 5.32 Å². The van der Waals surface area contributed by atoms with E-state index in [9.17, 15) is 14.7 Å². The highest BCUT2D eigenvalue weighted by Gasteiger charge is 2.41. The third-order valence-electron chi connectivity index (χ3n) is 4.05. The van der Waals surface area contributed by atoms with Crippen LogP contribution in [0.3, 0.4) is 0 Å². The summed E-state index contributed by atoms with van der Waals surface area (Å²) in [6.45, 7) is -0.327. The van der Waals surface area contributed by atoms with E-state index in [-0.39, 0.29) is 6.54 Å².